The Kier molecular flexibility index (Phi) is 3.96. The van der Waals surface area contributed by atoms with Crippen LogP contribution in [0.15, 0.2) is 35.2 Å². The topological polar surface area (TPSA) is 84.5 Å². The van der Waals surface area contributed by atoms with E-state index in [2.05, 4.69) is 10.0 Å². The molecule has 0 atom stereocenters. The van der Waals surface area contributed by atoms with Gasteiger partial charge in [-0.15, -0.1) is 0 Å². The molecule has 0 fully saturated rings. The SMILES string of the molecule is COc1ccc(NS(=O)(=O)c2ccc3c(c2)CC(=O)N3)c(C)c1C. The highest BCUT2D eigenvalue weighted by atomic mass is 32.2. The summed E-state index contributed by atoms with van der Waals surface area (Å²) in [5, 5.41) is 2.69. The van der Waals surface area contributed by atoms with Gasteiger partial charge in [-0.1, -0.05) is 0 Å². The number of sulfonamides is 1. The van der Waals surface area contributed by atoms with Crippen LogP contribution in [0.2, 0.25) is 0 Å². The highest BCUT2D eigenvalue weighted by molar-refractivity contribution is 7.92. The first-order valence-corrected chi connectivity index (χ1v) is 8.90. The molecule has 126 valence electrons. The molecule has 0 unspecified atom stereocenters. The predicted molar refractivity (Wildman–Crippen MR) is 92.1 cm³/mol. The van der Waals surface area contributed by atoms with Gasteiger partial charge in [-0.3, -0.25) is 9.52 Å². The van der Waals surface area contributed by atoms with Crippen LogP contribution in [-0.4, -0.2) is 21.4 Å². The Morgan fingerprint density at radius 3 is 2.58 bits per heavy atom. The Balaban J connectivity index is 1.94. The van der Waals surface area contributed by atoms with E-state index in [1.165, 1.54) is 12.1 Å². The second kappa shape index (κ2) is 5.83. The van der Waals surface area contributed by atoms with E-state index in [1.54, 1.807) is 25.3 Å². The maximum absolute atomic E-state index is 12.7. The number of carbonyl (C=O) groups excluding carboxylic acids is 1. The molecule has 6 nitrogen and oxygen atoms in total. The number of rotatable bonds is 4. The molecule has 7 heteroatoms. The van der Waals surface area contributed by atoms with E-state index in [0.717, 1.165) is 11.1 Å². The van der Waals surface area contributed by atoms with Crippen molar-refractivity contribution in [3.63, 3.8) is 0 Å². The van der Waals surface area contributed by atoms with Crippen LogP contribution in [0.1, 0.15) is 16.7 Å². The molecule has 0 radical (unpaired) electrons. The highest BCUT2D eigenvalue weighted by Gasteiger charge is 2.22. The summed E-state index contributed by atoms with van der Waals surface area (Å²) in [5.41, 5.74) is 3.53. The predicted octanol–water partition coefficient (Wildman–Crippen LogP) is 2.61. The van der Waals surface area contributed by atoms with Crippen LogP contribution >= 0.6 is 0 Å². The zero-order valence-electron chi connectivity index (χ0n) is 13.6. The average Bonchev–Trinajstić information content (AvgIpc) is 2.91. The van der Waals surface area contributed by atoms with Gasteiger partial charge in [0.15, 0.2) is 0 Å². The van der Waals surface area contributed by atoms with Crippen LogP contribution in [0.3, 0.4) is 0 Å². The number of hydrogen-bond donors (Lipinski definition) is 2. The Labute approximate surface area is 140 Å². The lowest BCUT2D eigenvalue weighted by atomic mass is 10.1. The fourth-order valence-electron chi connectivity index (χ4n) is 2.70. The van der Waals surface area contributed by atoms with Gasteiger partial charge in [-0.2, -0.15) is 0 Å². The van der Waals surface area contributed by atoms with E-state index in [9.17, 15) is 13.2 Å². The lowest BCUT2D eigenvalue weighted by molar-refractivity contribution is -0.115. The molecule has 1 aliphatic rings. The molecule has 0 saturated carbocycles. The Hall–Kier alpha value is -2.54. The minimum atomic E-state index is -3.74. The lowest BCUT2D eigenvalue weighted by Crippen LogP contribution is -2.14. The zero-order chi connectivity index (χ0) is 17.5. The van der Waals surface area contributed by atoms with E-state index in [-0.39, 0.29) is 17.2 Å². The number of hydrogen-bond acceptors (Lipinski definition) is 4. The summed E-state index contributed by atoms with van der Waals surface area (Å²) in [5.74, 6) is 0.576. The molecule has 0 saturated heterocycles. The van der Waals surface area contributed by atoms with Crippen molar-refractivity contribution in [1.82, 2.24) is 0 Å². The van der Waals surface area contributed by atoms with Crippen LogP contribution < -0.4 is 14.8 Å². The van der Waals surface area contributed by atoms with Crippen molar-refractivity contribution in [2.24, 2.45) is 0 Å². The number of nitrogens with one attached hydrogen (secondary N) is 2. The van der Waals surface area contributed by atoms with Crippen molar-refractivity contribution in [3.05, 3.63) is 47.0 Å². The van der Waals surface area contributed by atoms with Crippen LogP contribution in [0.4, 0.5) is 11.4 Å². The van der Waals surface area contributed by atoms with Gasteiger partial charge in [0.25, 0.3) is 10.0 Å². The molecule has 1 aliphatic heterocycles. The summed E-state index contributed by atoms with van der Waals surface area (Å²) in [6.07, 6.45) is 0.194. The van der Waals surface area contributed by atoms with Crippen LogP contribution in [0.25, 0.3) is 0 Å². The van der Waals surface area contributed by atoms with E-state index in [4.69, 9.17) is 4.74 Å². The number of fused-ring (bicyclic) bond motifs is 1. The van der Waals surface area contributed by atoms with Crippen molar-refractivity contribution in [2.75, 3.05) is 17.1 Å². The maximum atomic E-state index is 12.7. The Bertz CT molecular complexity index is 936. The molecule has 2 N–H and O–H groups in total. The monoisotopic (exact) mass is 346 g/mol. The molecular weight excluding hydrogens is 328 g/mol. The van der Waals surface area contributed by atoms with Crippen LogP contribution in [-0.2, 0) is 21.2 Å². The standard InChI is InChI=1S/C17H18N2O4S/c1-10-11(2)16(23-3)7-6-14(10)19-24(21,22)13-4-5-15-12(8-13)9-17(20)18-15/h4-8,19H,9H2,1-3H3,(H,18,20). The number of amides is 1. The van der Waals surface area contributed by atoms with Gasteiger partial charge in [0, 0.05) is 5.69 Å². The molecule has 0 aromatic heterocycles. The minimum absolute atomic E-state index is 0.130. The first-order valence-electron chi connectivity index (χ1n) is 7.41. The number of methoxy groups -OCH3 is 1. The lowest BCUT2D eigenvalue weighted by Gasteiger charge is -2.15. The molecule has 0 bridgehead atoms. The summed E-state index contributed by atoms with van der Waals surface area (Å²) in [6, 6.07) is 8.03. The molecular formula is C17H18N2O4S. The summed E-state index contributed by atoms with van der Waals surface area (Å²) < 4.78 is 33.2. The van der Waals surface area contributed by atoms with E-state index in [0.29, 0.717) is 22.7 Å². The van der Waals surface area contributed by atoms with Gasteiger partial charge in [0.05, 0.1) is 24.1 Å². The largest absolute Gasteiger partial charge is 0.496 e. The number of benzene rings is 2. The third-order valence-corrected chi connectivity index (χ3v) is 5.58. The minimum Gasteiger partial charge on any atom is -0.496 e. The van der Waals surface area contributed by atoms with Gasteiger partial charge in [-0.25, -0.2) is 8.42 Å². The van der Waals surface area contributed by atoms with Gasteiger partial charge in [0.1, 0.15) is 5.75 Å². The second-order valence-corrected chi connectivity index (χ2v) is 7.40. The summed E-state index contributed by atoms with van der Waals surface area (Å²) in [6.45, 7) is 3.71. The zero-order valence-corrected chi connectivity index (χ0v) is 14.5. The first-order chi connectivity index (χ1) is 11.3. The van der Waals surface area contributed by atoms with Crippen LogP contribution in [0.5, 0.6) is 5.75 Å². The molecule has 0 spiro atoms. The molecule has 3 rings (SSSR count). The Morgan fingerprint density at radius 1 is 1.12 bits per heavy atom. The average molecular weight is 346 g/mol. The third kappa shape index (κ3) is 2.82. The van der Waals surface area contributed by atoms with Gasteiger partial charge in [-0.05, 0) is 60.9 Å². The second-order valence-electron chi connectivity index (χ2n) is 5.71. The quantitative estimate of drug-likeness (QED) is 0.891. The summed E-state index contributed by atoms with van der Waals surface area (Å²) >= 11 is 0. The molecule has 1 heterocycles. The third-order valence-electron chi connectivity index (χ3n) is 4.21. The highest BCUT2D eigenvalue weighted by Crippen LogP contribution is 2.30. The summed E-state index contributed by atoms with van der Waals surface area (Å²) in [7, 11) is -2.17. The van der Waals surface area contributed by atoms with Crippen molar-refractivity contribution in [1.29, 1.82) is 0 Å². The van der Waals surface area contributed by atoms with Crippen molar-refractivity contribution < 1.29 is 17.9 Å². The van der Waals surface area contributed by atoms with Gasteiger partial charge < -0.3 is 10.1 Å². The van der Waals surface area contributed by atoms with Gasteiger partial charge in [0.2, 0.25) is 5.91 Å². The number of ether oxygens (including phenoxy) is 1. The smallest absolute Gasteiger partial charge is 0.261 e. The first kappa shape index (κ1) is 16.3. The normalized spacial score (nSPS) is 13.4. The van der Waals surface area contributed by atoms with Crippen molar-refractivity contribution in [2.45, 2.75) is 25.2 Å². The fraction of sp³-hybridized carbons (Fsp3) is 0.235. The van der Waals surface area contributed by atoms with Gasteiger partial charge >= 0.3 is 0 Å². The fourth-order valence-corrected chi connectivity index (χ4v) is 3.88. The molecule has 2 aromatic rings. The van der Waals surface area contributed by atoms with E-state index < -0.39 is 10.0 Å². The Morgan fingerprint density at radius 2 is 1.88 bits per heavy atom. The van der Waals surface area contributed by atoms with Crippen LogP contribution in [0, 0.1) is 13.8 Å². The van der Waals surface area contributed by atoms with E-state index in [1.807, 2.05) is 13.8 Å². The maximum Gasteiger partial charge on any atom is 0.261 e. The molecule has 1 amide bonds. The molecule has 2 aromatic carbocycles. The number of anilines is 2. The number of carbonyl (C=O) groups is 1. The molecule has 24 heavy (non-hydrogen) atoms. The molecule has 0 aliphatic carbocycles. The van der Waals surface area contributed by atoms with Crippen molar-refractivity contribution >= 4 is 27.3 Å². The summed E-state index contributed by atoms with van der Waals surface area (Å²) in [4.78, 5) is 11.5. The van der Waals surface area contributed by atoms with E-state index >= 15 is 0 Å². The van der Waals surface area contributed by atoms with Crippen molar-refractivity contribution in [3.8, 4) is 5.75 Å².